The van der Waals surface area contributed by atoms with Crippen LogP contribution in [-0.2, 0) is 25.3 Å². The van der Waals surface area contributed by atoms with Gasteiger partial charge in [-0.15, -0.1) is 0 Å². The van der Waals surface area contributed by atoms with Crippen molar-refractivity contribution in [3.63, 3.8) is 0 Å². The lowest BCUT2D eigenvalue weighted by molar-refractivity contribution is -0.151. The highest BCUT2D eigenvalue weighted by molar-refractivity contribution is 6.02. The van der Waals surface area contributed by atoms with Crippen LogP contribution in [-0.4, -0.2) is 23.1 Å². The minimum absolute atomic E-state index is 0.0261. The lowest BCUT2D eigenvalue weighted by atomic mass is 9.76. The van der Waals surface area contributed by atoms with E-state index < -0.39 is 11.4 Å². The Hall–Kier alpha value is -2.29. The Morgan fingerprint density at radius 2 is 2.18 bits per heavy atom. The third kappa shape index (κ3) is 2.37. The van der Waals surface area contributed by atoms with Crippen LogP contribution in [0, 0.1) is 11.3 Å². The van der Waals surface area contributed by atoms with Crippen molar-refractivity contribution in [3.05, 3.63) is 17.3 Å². The number of esters is 1. The molecule has 1 aromatic heterocycles. The maximum Gasteiger partial charge on any atom is 0.316 e. The van der Waals surface area contributed by atoms with Gasteiger partial charge in [0.25, 0.3) is 0 Å². The molecule has 0 aliphatic carbocycles. The summed E-state index contributed by atoms with van der Waals surface area (Å²) in [6.45, 7) is 9.52. The molecular weight excluding hydrogens is 282 g/mol. The van der Waals surface area contributed by atoms with Crippen LogP contribution in [0.3, 0.4) is 0 Å². The third-order valence-corrected chi connectivity index (χ3v) is 3.90. The summed E-state index contributed by atoms with van der Waals surface area (Å²) in [6.07, 6.45) is 1.66. The molecule has 1 N–H and O–H groups in total. The molecule has 0 radical (unpaired) electrons. The van der Waals surface area contributed by atoms with Gasteiger partial charge in [-0.25, -0.2) is 0 Å². The maximum absolute atomic E-state index is 12.4. The molecule has 0 unspecified atom stereocenters. The van der Waals surface area contributed by atoms with Gasteiger partial charge in [-0.3, -0.25) is 9.59 Å². The number of carbonyl (C=O) groups is 2. The number of rotatable bonds is 2. The van der Waals surface area contributed by atoms with Gasteiger partial charge in [0.05, 0.1) is 12.2 Å². The van der Waals surface area contributed by atoms with Gasteiger partial charge in [-0.2, -0.15) is 5.26 Å². The monoisotopic (exact) mass is 303 g/mol. The number of amides is 1. The molecular formula is C16H21N3O3. The predicted molar refractivity (Wildman–Crippen MR) is 81.4 cm³/mol. The van der Waals surface area contributed by atoms with Gasteiger partial charge in [0.15, 0.2) is 0 Å². The van der Waals surface area contributed by atoms with Crippen molar-refractivity contribution in [2.24, 2.45) is 0 Å². The van der Waals surface area contributed by atoms with E-state index in [2.05, 4.69) is 11.4 Å². The molecule has 1 aliphatic heterocycles. The molecule has 22 heavy (non-hydrogen) atoms. The number of fused-ring (bicyclic) bond motifs is 1. The predicted octanol–water partition coefficient (Wildman–Crippen LogP) is 2.28. The fourth-order valence-corrected chi connectivity index (χ4v) is 2.85. The fraction of sp³-hybridized carbons (Fsp3) is 0.562. The van der Waals surface area contributed by atoms with Crippen LogP contribution >= 0.6 is 0 Å². The summed E-state index contributed by atoms with van der Waals surface area (Å²) in [4.78, 5) is 24.5. The van der Waals surface area contributed by atoms with Gasteiger partial charge in [-0.05, 0) is 34.6 Å². The Bertz CT molecular complexity index is 676. The van der Waals surface area contributed by atoms with Crippen LogP contribution in [0.1, 0.15) is 52.2 Å². The molecule has 6 heteroatoms. The normalized spacial score (nSPS) is 20.8. The second-order valence-electron chi connectivity index (χ2n) is 6.70. The molecule has 1 atom stereocenters. The van der Waals surface area contributed by atoms with E-state index in [0.717, 1.165) is 0 Å². The van der Waals surface area contributed by atoms with E-state index in [1.54, 1.807) is 20.0 Å². The number of anilines is 1. The van der Waals surface area contributed by atoms with Gasteiger partial charge in [0, 0.05) is 23.7 Å². The van der Waals surface area contributed by atoms with Gasteiger partial charge >= 0.3 is 5.97 Å². The number of nitriles is 1. The van der Waals surface area contributed by atoms with E-state index in [9.17, 15) is 14.9 Å². The Morgan fingerprint density at radius 3 is 2.68 bits per heavy atom. The van der Waals surface area contributed by atoms with Gasteiger partial charge in [0.1, 0.15) is 17.3 Å². The zero-order valence-electron chi connectivity index (χ0n) is 13.6. The van der Waals surface area contributed by atoms with Crippen molar-refractivity contribution in [2.45, 2.75) is 52.0 Å². The number of ether oxygens (including phenoxy) is 1. The number of carbonyl (C=O) groups excluding carboxylic acids is 2. The average molecular weight is 303 g/mol. The van der Waals surface area contributed by atoms with Crippen molar-refractivity contribution in [1.29, 1.82) is 5.26 Å². The molecule has 0 spiro atoms. The van der Waals surface area contributed by atoms with E-state index in [-0.39, 0.29) is 24.5 Å². The minimum Gasteiger partial charge on any atom is -0.465 e. The lowest BCUT2D eigenvalue weighted by Crippen LogP contribution is -2.43. The largest absolute Gasteiger partial charge is 0.465 e. The standard InChI is InChI=1S/C16H21N3O3/c1-6-22-14(21)16(5)7-11(20)18-13-12(16)10(8-17)9-19(13)15(2,3)4/h9H,6-7H2,1-5H3,(H,18,20)/t16-/m0/s1. The zero-order valence-corrected chi connectivity index (χ0v) is 13.6. The van der Waals surface area contributed by atoms with Crippen molar-refractivity contribution in [2.75, 3.05) is 11.9 Å². The van der Waals surface area contributed by atoms with E-state index in [0.29, 0.717) is 16.9 Å². The SMILES string of the molecule is CCOC(=O)[C@@]1(C)CC(=O)Nc2c1c(C#N)cn2C(C)(C)C. The number of hydrogen-bond donors (Lipinski definition) is 1. The number of nitrogens with zero attached hydrogens (tertiary/aromatic N) is 2. The molecule has 1 amide bonds. The van der Waals surface area contributed by atoms with Crippen LogP contribution in [0.15, 0.2) is 6.20 Å². The van der Waals surface area contributed by atoms with Crippen molar-refractivity contribution in [1.82, 2.24) is 4.57 Å². The summed E-state index contributed by atoms with van der Waals surface area (Å²) in [5, 5.41) is 12.3. The zero-order chi connectivity index (χ0) is 16.7. The summed E-state index contributed by atoms with van der Waals surface area (Å²) < 4.78 is 6.98. The Morgan fingerprint density at radius 1 is 1.55 bits per heavy atom. The Balaban J connectivity index is 2.73. The average Bonchev–Trinajstić information content (AvgIpc) is 2.77. The molecule has 0 bridgehead atoms. The van der Waals surface area contributed by atoms with Gasteiger partial charge < -0.3 is 14.6 Å². The number of hydrogen-bond acceptors (Lipinski definition) is 4. The first-order valence-electron chi connectivity index (χ1n) is 7.28. The van der Waals surface area contributed by atoms with Crippen LogP contribution in [0.2, 0.25) is 0 Å². The highest BCUT2D eigenvalue weighted by atomic mass is 16.5. The fourth-order valence-electron chi connectivity index (χ4n) is 2.85. The summed E-state index contributed by atoms with van der Waals surface area (Å²) in [6, 6.07) is 2.13. The molecule has 118 valence electrons. The summed E-state index contributed by atoms with van der Waals surface area (Å²) in [5.41, 5.74) is -0.544. The number of nitrogens with one attached hydrogen (secondary N) is 1. The second kappa shape index (κ2) is 5.16. The molecule has 6 nitrogen and oxygen atoms in total. The van der Waals surface area contributed by atoms with Crippen LogP contribution < -0.4 is 5.32 Å². The first-order chi connectivity index (χ1) is 10.1. The summed E-state index contributed by atoms with van der Waals surface area (Å²) in [7, 11) is 0. The highest BCUT2D eigenvalue weighted by Crippen LogP contribution is 2.43. The van der Waals surface area contributed by atoms with Crippen molar-refractivity contribution in [3.8, 4) is 6.07 Å². The lowest BCUT2D eigenvalue weighted by Gasteiger charge is -2.34. The molecule has 2 rings (SSSR count). The van der Waals surface area contributed by atoms with Crippen LogP contribution in [0.5, 0.6) is 0 Å². The highest BCUT2D eigenvalue weighted by Gasteiger charge is 2.48. The third-order valence-electron chi connectivity index (χ3n) is 3.90. The van der Waals surface area contributed by atoms with Crippen LogP contribution in [0.25, 0.3) is 0 Å². The summed E-state index contributed by atoms with van der Waals surface area (Å²) >= 11 is 0. The maximum atomic E-state index is 12.4. The quantitative estimate of drug-likeness (QED) is 0.849. The van der Waals surface area contributed by atoms with Crippen molar-refractivity contribution < 1.29 is 14.3 Å². The molecule has 1 aliphatic rings. The molecule has 0 fully saturated rings. The first kappa shape index (κ1) is 16.1. The Labute approximate surface area is 130 Å². The van der Waals surface area contributed by atoms with E-state index >= 15 is 0 Å². The Kier molecular flexibility index (Phi) is 3.78. The smallest absolute Gasteiger partial charge is 0.316 e. The molecule has 0 saturated heterocycles. The molecule has 0 aromatic carbocycles. The summed E-state index contributed by atoms with van der Waals surface area (Å²) in [5.74, 6) is -0.221. The van der Waals surface area contributed by atoms with Gasteiger partial charge in [0.2, 0.25) is 5.91 Å². The van der Waals surface area contributed by atoms with Gasteiger partial charge in [-0.1, -0.05) is 0 Å². The second-order valence-corrected chi connectivity index (χ2v) is 6.70. The van der Waals surface area contributed by atoms with E-state index in [1.165, 1.54) is 0 Å². The minimum atomic E-state index is -1.14. The van der Waals surface area contributed by atoms with E-state index in [1.807, 2.05) is 25.3 Å². The van der Waals surface area contributed by atoms with Crippen molar-refractivity contribution >= 4 is 17.7 Å². The first-order valence-corrected chi connectivity index (χ1v) is 7.28. The van der Waals surface area contributed by atoms with Crippen LogP contribution in [0.4, 0.5) is 5.82 Å². The number of aromatic nitrogens is 1. The van der Waals surface area contributed by atoms with E-state index in [4.69, 9.17) is 4.74 Å². The molecule has 2 heterocycles. The molecule has 0 saturated carbocycles. The topological polar surface area (TPSA) is 84.1 Å². The molecule has 1 aromatic rings.